The minimum absolute atomic E-state index is 0.739. The van der Waals surface area contributed by atoms with Crippen LogP contribution in [0.2, 0.25) is 0 Å². The number of rotatable bonds is 2. The Morgan fingerprint density at radius 1 is 1.31 bits per heavy atom. The van der Waals surface area contributed by atoms with Crippen LogP contribution in [0, 0.1) is 13.8 Å². The lowest BCUT2D eigenvalue weighted by atomic mass is 10.0. The van der Waals surface area contributed by atoms with Crippen molar-refractivity contribution in [3.63, 3.8) is 0 Å². The summed E-state index contributed by atoms with van der Waals surface area (Å²) in [6.07, 6.45) is 0.749. The Labute approximate surface area is 78.9 Å². The van der Waals surface area contributed by atoms with Crippen LogP contribution in [0.15, 0.2) is 23.4 Å². The molecule has 0 spiro atoms. The van der Waals surface area contributed by atoms with E-state index in [0.717, 1.165) is 17.7 Å². The van der Waals surface area contributed by atoms with E-state index in [9.17, 15) is 0 Å². The molecule has 1 aromatic rings. The number of oxime groups is 1. The van der Waals surface area contributed by atoms with Crippen LogP contribution in [0.1, 0.15) is 30.0 Å². The quantitative estimate of drug-likeness (QED) is 0.420. The molecule has 0 saturated carbocycles. The van der Waals surface area contributed by atoms with Gasteiger partial charge in [-0.25, -0.2) is 0 Å². The van der Waals surface area contributed by atoms with Crippen LogP contribution in [-0.2, 0) is 0 Å². The average molecular weight is 177 g/mol. The molecular formula is C11H15NO. The molecule has 2 nitrogen and oxygen atoms in total. The van der Waals surface area contributed by atoms with Crippen molar-refractivity contribution >= 4 is 5.71 Å². The zero-order valence-corrected chi connectivity index (χ0v) is 8.33. The molecule has 0 radical (unpaired) electrons. The second kappa shape index (κ2) is 4.08. The normalized spacial score (nSPS) is 11.8. The summed E-state index contributed by atoms with van der Waals surface area (Å²) >= 11 is 0. The van der Waals surface area contributed by atoms with Crippen molar-refractivity contribution in [2.24, 2.45) is 5.16 Å². The minimum Gasteiger partial charge on any atom is -0.411 e. The third kappa shape index (κ3) is 2.08. The molecule has 2 heteroatoms. The van der Waals surface area contributed by atoms with Crippen molar-refractivity contribution < 1.29 is 5.21 Å². The van der Waals surface area contributed by atoms with E-state index < -0.39 is 0 Å². The molecule has 0 bridgehead atoms. The van der Waals surface area contributed by atoms with E-state index in [0.29, 0.717) is 0 Å². The van der Waals surface area contributed by atoms with E-state index in [1.165, 1.54) is 11.1 Å². The standard InChI is InChI=1S/C11H15NO/c1-4-11(12-13)10-6-5-8(2)9(3)7-10/h5-7,13H,4H2,1-3H3. The molecule has 1 N–H and O–H groups in total. The monoisotopic (exact) mass is 177 g/mol. The molecule has 1 rings (SSSR count). The highest BCUT2D eigenvalue weighted by Gasteiger charge is 2.02. The topological polar surface area (TPSA) is 32.6 Å². The lowest BCUT2D eigenvalue weighted by Crippen LogP contribution is -1.99. The molecular weight excluding hydrogens is 162 g/mol. The lowest BCUT2D eigenvalue weighted by molar-refractivity contribution is 0.318. The van der Waals surface area contributed by atoms with Gasteiger partial charge in [-0.05, 0) is 43.0 Å². The van der Waals surface area contributed by atoms with Gasteiger partial charge in [0.25, 0.3) is 0 Å². The predicted octanol–water partition coefficient (Wildman–Crippen LogP) is 2.89. The van der Waals surface area contributed by atoms with Gasteiger partial charge in [0.15, 0.2) is 0 Å². The third-order valence-corrected chi connectivity index (χ3v) is 2.30. The molecule has 1 aromatic carbocycles. The first-order valence-electron chi connectivity index (χ1n) is 4.47. The zero-order valence-electron chi connectivity index (χ0n) is 8.33. The summed E-state index contributed by atoms with van der Waals surface area (Å²) in [6.45, 7) is 6.11. The SMILES string of the molecule is CCC(=NO)c1ccc(C)c(C)c1. The highest BCUT2D eigenvalue weighted by molar-refractivity contribution is 6.00. The molecule has 0 unspecified atom stereocenters. The van der Waals surface area contributed by atoms with Gasteiger partial charge in [0.05, 0.1) is 5.71 Å². The highest BCUT2D eigenvalue weighted by atomic mass is 16.4. The molecule has 0 atom stereocenters. The largest absolute Gasteiger partial charge is 0.411 e. The van der Waals surface area contributed by atoms with Crippen LogP contribution in [0.5, 0.6) is 0 Å². The Balaban J connectivity index is 3.10. The van der Waals surface area contributed by atoms with Crippen molar-refractivity contribution in [2.75, 3.05) is 0 Å². The van der Waals surface area contributed by atoms with Crippen molar-refractivity contribution in [1.82, 2.24) is 0 Å². The summed E-state index contributed by atoms with van der Waals surface area (Å²) in [5.41, 5.74) is 4.24. The Kier molecular flexibility index (Phi) is 3.07. The summed E-state index contributed by atoms with van der Waals surface area (Å²) < 4.78 is 0. The van der Waals surface area contributed by atoms with E-state index in [2.05, 4.69) is 19.0 Å². The fourth-order valence-corrected chi connectivity index (χ4v) is 1.25. The van der Waals surface area contributed by atoms with Gasteiger partial charge in [-0.1, -0.05) is 24.2 Å². The average Bonchev–Trinajstić information content (AvgIpc) is 2.13. The van der Waals surface area contributed by atoms with E-state index in [1.807, 2.05) is 25.1 Å². The van der Waals surface area contributed by atoms with Crippen LogP contribution < -0.4 is 0 Å². The van der Waals surface area contributed by atoms with Gasteiger partial charge < -0.3 is 5.21 Å². The zero-order chi connectivity index (χ0) is 9.84. The summed E-state index contributed by atoms with van der Waals surface area (Å²) in [4.78, 5) is 0. The maximum atomic E-state index is 8.73. The predicted molar refractivity (Wildman–Crippen MR) is 54.5 cm³/mol. The van der Waals surface area contributed by atoms with Gasteiger partial charge in [-0.2, -0.15) is 0 Å². The van der Waals surface area contributed by atoms with Crippen molar-refractivity contribution in [3.8, 4) is 0 Å². The summed E-state index contributed by atoms with van der Waals surface area (Å²) in [7, 11) is 0. The molecule has 0 aromatic heterocycles. The molecule has 70 valence electrons. The first-order chi connectivity index (χ1) is 6.19. The third-order valence-electron chi connectivity index (χ3n) is 2.30. The number of nitrogens with zero attached hydrogens (tertiary/aromatic N) is 1. The smallest absolute Gasteiger partial charge is 0.0865 e. The van der Waals surface area contributed by atoms with Gasteiger partial charge in [0, 0.05) is 0 Å². The van der Waals surface area contributed by atoms with Gasteiger partial charge in [-0.15, -0.1) is 0 Å². The molecule has 0 aliphatic heterocycles. The molecule has 0 saturated heterocycles. The second-order valence-electron chi connectivity index (χ2n) is 3.20. The first-order valence-corrected chi connectivity index (χ1v) is 4.47. The Bertz CT molecular complexity index is 329. The van der Waals surface area contributed by atoms with Crippen molar-refractivity contribution in [2.45, 2.75) is 27.2 Å². The second-order valence-corrected chi connectivity index (χ2v) is 3.20. The summed E-state index contributed by atoms with van der Waals surface area (Å²) in [5.74, 6) is 0. The van der Waals surface area contributed by atoms with Crippen LogP contribution in [-0.4, -0.2) is 10.9 Å². The minimum atomic E-state index is 0.739. The molecule has 0 heterocycles. The van der Waals surface area contributed by atoms with Gasteiger partial charge in [0.1, 0.15) is 0 Å². The van der Waals surface area contributed by atoms with E-state index in [-0.39, 0.29) is 0 Å². The van der Waals surface area contributed by atoms with Crippen molar-refractivity contribution in [1.29, 1.82) is 0 Å². The Morgan fingerprint density at radius 3 is 2.46 bits per heavy atom. The maximum absolute atomic E-state index is 8.73. The fraction of sp³-hybridized carbons (Fsp3) is 0.364. The van der Waals surface area contributed by atoms with E-state index in [4.69, 9.17) is 5.21 Å². The number of benzene rings is 1. The first kappa shape index (κ1) is 9.78. The van der Waals surface area contributed by atoms with E-state index in [1.54, 1.807) is 0 Å². The molecule has 0 aliphatic carbocycles. The molecule has 0 aliphatic rings. The van der Waals surface area contributed by atoms with Gasteiger partial charge in [-0.3, -0.25) is 0 Å². The van der Waals surface area contributed by atoms with E-state index >= 15 is 0 Å². The Hall–Kier alpha value is -1.31. The number of hydrogen-bond acceptors (Lipinski definition) is 2. The van der Waals surface area contributed by atoms with Crippen LogP contribution in [0.25, 0.3) is 0 Å². The van der Waals surface area contributed by atoms with Crippen LogP contribution in [0.3, 0.4) is 0 Å². The summed E-state index contributed by atoms with van der Waals surface area (Å²) in [5, 5.41) is 12.0. The summed E-state index contributed by atoms with van der Waals surface area (Å²) in [6, 6.07) is 6.08. The highest BCUT2D eigenvalue weighted by Crippen LogP contribution is 2.11. The van der Waals surface area contributed by atoms with Crippen molar-refractivity contribution in [3.05, 3.63) is 34.9 Å². The fourth-order valence-electron chi connectivity index (χ4n) is 1.25. The molecule has 0 fully saturated rings. The van der Waals surface area contributed by atoms with Crippen LogP contribution in [0.4, 0.5) is 0 Å². The number of aryl methyl sites for hydroxylation is 2. The van der Waals surface area contributed by atoms with Gasteiger partial charge >= 0.3 is 0 Å². The number of hydrogen-bond donors (Lipinski definition) is 1. The molecule has 13 heavy (non-hydrogen) atoms. The lowest BCUT2D eigenvalue weighted by Gasteiger charge is -2.04. The van der Waals surface area contributed by atoms with Gasteiger partial charge in [0.2, 0.25) is 0 Å². The van der Waals surface area contributed by atoms with Crippen LogP contribution >= 0.6 is 0 Å². The Morgan fingerprint density at radius 2 is 2.00 bits per heavy atom. The molecule has 0 amide bonds. The maximum Gasteiger partial charge on any atom is 0.0865 e.